The molecule has 0 spiro atoms. The summed E-state index contributed by atoms with van der Waals surface area (Å²) in [5, 5.41) is 0. The zero-order valence-electron chi connectivity index (χ0n) is 15.0. The molecule has 1 aliphatic heterocycles. The fourth-order valence-electron chi connectivity index (χ4n) is 2.94. The molecule has 0 saturated heterocycles. The fraction of sp³-hybridized carbons (Fsp3) is 0.579. The van der Waals surface area contributed by atoms with Crippen molar-refractivity contribution in [2.75, 3.05) is 33.4 Å². The van der Waals surface area contributed by atoms with Gasteiger partial charge in [0.1, 0.15) is 0 Å². The van der Waals surface area contributed by atoms with Gasteiger partial charge in [-0.15, -0.1) is 0 Å². The topological polar surface area (TPSA) is 49.9 Å². The molecule has 1 heterocycles. The van der Waals surface area contributed by atoms with Gasteiger partial charge in [-0.1, -0.05) is 38.1 Å². The maximum absolute atomic E-state index is 12.7. The Morgan fingerprint density at radius 1 is 1.25 bits per heavy atom. The van der Waals surface area contributed by atoms with Crippen molar-refractivity contribution in [3.63, 3.8) is 0 Å². The Morgan fingerprint density at radius 2 is 1.96 bits per heavy atom. The second-order valence-electron chi connectivity index (χ2n) is 6.74. The number of benzene rings is 1. The predicted octanol–water partition coefficient (Wildman–Crippen LogP) is 2.09. The Morgan fingerprint density at radius 3 is 2.62 bits per heavy atom. The van der Waals surface area contributed by atoms with Crippen molar-refractivity contribution in [1.82, 2.24) is 9.80 Å². The molecule has 5 heteroatoms. The molecular weight excluding hydrogens is 304 g/mol. The minimum atomic E-state index is 0.0118. The molecule has 2 amide bonds. The van der Waals surface area contributed by atoms with Gasteiger partial charge >= 0.3 is 0 Å². The van der Waals surface area contributed by atoms with Gasteiger partial charge in [-0.05, 0) is 23.5 Å². The van der Waals surface area contributed by atoms with Crippen LogP contribution in [-0.4, -0.2) is 55.0 Å². The molecule has 0 unspecified atom stereocenters. The van der Waals surface area contributed by atoms with Gasteiger partial charge in [0.05, 0.1) is 13.2 Å². The Bertz CT molecular complexity index is 571. The van der Waals surface area contributed by atoms with Crippen LogP contribution in [0.15, 0.2) is 24.3 Å². The lowest BCUT2D eigenvalue weighted by Gasteiger charge is -2.31. The van der Waals surface area contributed by atoms with Crippen LogP contribution in [-0.2, 0) is 27.3 Å². The minimum absolute atomic E-state index is 0.0118. The first-order valence-corrected chi connectivity index (χ1v) is 8.62. The van der Waals surface area contributed by atoms with Crippen LogP contribution in [0.25, 0.3) is 0 Å². The van der Waals surface area contributed by atoms with E-state index in [0.717, 1.165) is 6.42 Å². The molecule has 0 N–H and O–H groups in total. The lowest BCUT2D eigenvalue weighted by Crippen LogP contribution is -2.45. The molecule has 0 aromatic heterocycles. The molecule has 24 heavy (non-hydrogen) atoms. The SMILES string of the molecule is COCCN(CC(=O)N1CCc2ccccc2C1)C(=O)CC(C)C. The Labute approximate surface area is 144 Å². The average molecular weight is 332 g/mol. The third kappa shape index (κ3) is 5.06. The van der Waals surface area contributed by atoms with Crippen LogP contribution >= 0.6 is 0 Å². The van der Waals surface area contributed by atoms with E-state index in [1.54, 1.807) is 12.0 Å². The standard InChI is InChI=1S/C19H28N2O3/c1-15(2)12-18(22)21(10-11-24-3)14-19(23)20-9-8-16-6-4-5-7-17(16)13-20/h4-7,15H,8-14H2,1-3H3. The van der Waals surface area contributed by atoms with E-state index in [9.17, 15) is 9.59 Å². The van der Waals surface area contributed by atoms with Gasteiger partial charge in [0.15, 0.2) is 0 Å². The normalized spacial score (nSPS) is 13.8. The Balaban J connectivity index is 1.98. The van der Waals surface area contributed by atoms with Gasteiger partial charge in [-0.25, -0.2) is 0 Å². The number of carbonyl (C=O) groups is 2. The molecule has 0 saturated carbocycles. The summed E-state index contributed by atoms with van der Waals surface area (Å²) in [6.45, 7) is 6.40. The van der Waals surface area contributed by atoms with Crippen LogP contribution in [0.3, 0.4) is 0 Å². The summed E-state index contributed by atoms with van der Waals surface area (Å²) in [6, 6.07) is 8.23. The highest BCUT2D eigenvalue weighted by atomic mass is 16.5. The fourth-order valence-corrected chi connectivity index (χ4v) is 2.94. The third-order valence-electron chi connectivity index (χ3n) is 4.31. The number of fused-ring (bicyclic) bond motifs is 1. The van der Waals surface area contributed by atoms with E-state index in [1.165, 1.54) is 11.1 Å². The molecular formula is C19H28N2O3. The number of hydrogen-bond donors (Lipinski definition) is 0. The number of nitrogens with zero attached hydrogens (tertiary/aromatic N) is 2. The number of carbonyl (C=O) groups excluding carboxylic acids is 2. The number of methoxy groups -OCH3 is 1. The van der Waals surface area contributed by atoms with Crippen molar-refractivity contribution < 1.29 is 14.3 Å². The minimum Gasteiger partial charge on any atom is -0.383 e. The van der Waals surface area contributed by atoms with Crippen LogP contribution in [0.4, 0.5) is 0 Å². The highest BCUT2D eigenvalue weighted by Crippen LogP contribution is 2.18. The van der Waals surface area contributed by atoms with E-state index in [1.807, 2.05) is 30.9 Å². The van der Waals surface area contributed by atoms with Crippen LogP contribution in [0.1, 0.15) is 31.4 Å². The summed E-state index contributed by atoms with van der Waals surface area (Å²) < 4.78 is 5.08. The lowest BCUT2D eigenvalue weighted by molar-refractivity contribution is -0.142. The average Bonchev–Trinajstić information content (AvgIpc) is 2.57. The smallest absolute Gasteiger partial charge is 0.242 e. The molecule has 1 aromatic carbocycles. The Kier molecular flexibility index (Phi) is 6.79. The maximum Gasteiger partial charge on any atom is 0.242 e. The van der Waals surface area contributed by atoms with Crippen LogP contribution < -0.4 is 0 Å². The Hall–Kier alpha value is -1.88. The molecule has 1 aliphatic rings. The largest absolute Gasteiger partial charge is 0.383 e. The van der Waals surface area contributed by atoms with Gasteiger partial charge in [-0.3, -0.25) is 9.59 Å². The highest BCUT2D eigenvalue weighted by molar-refractivity contribution is 5.85. The quantitative estimate of drug-likeness (QED) is 0.768. The first kappa shape index (κ1) is 18.5. The maximum atomic E-state index is 12.7. The van der Waals surface area contributed by atoms with Crippen molar-refractivity contribution in [1.29, 1.82) is 0 Å². The van der Waals surface area contributed by atoms with Crippen LogP contribution in [0.5, 0.6) is 0 Å². The number of hydrogen-bond acceptors (Lipinski definition) is 3. The van der Waals surface area contributed by atoms with E-state index in [4.69, 9.17) is 4.74 Å². The lowest BCUT2D eigenvalue weighted by atomic mass is 10.00. The number of ether oxygens (including phenoxy) is 1. The van der Waals surface area contributed by atoms with Crippen molar-refractivity contribution in [3.05, 3.63) is 35.4 Å². The molecule has 5 nitrogen and oxygen atoms in total. The predicted molar refractivity (Wildman–Crippen MR) is 93.5 cm³/mol. The molecule has 0 atom stereocenters. The van der Waals surface area contributed by atoms with Gasteiger partial charge in [0.25, 0.3) is 0 Å². The summed E-state index contributed by atoms with van der Waals surface area (Å²) in [6.07, 6.45) is 1.33. The van der Waals surface area contributed by atoms with Gasteiger partial charge in [0.2, 0.25) is 11.8 Å². The van der Waals surface area contributed by atoms with Gasteiger partial charge in [0, 0.05) is 33.2 Å². The second-order valence-corrected chi connectivity index (χ2v) is 6.74. The third-order valence-corrected chi connectivity index (χ3v) is 4.31. The summed E-state index contributed by atoms with van der Waals surface area (Å²) in [5.41, 5.74) is 2.52. The number of amides is 2. The number of rotatable bonds is 7. The highest BCUT2D eigenvalue weighted by Gasteiger charge is 2.24. The van der Waals surface area contributed by atoms with Crippen LogP contribution in [0.2, 0.25) is 0 Å². The van der Waals surface area contributed by atoms with Crippen molar-refractivity contribution in [2.45, 2.75) is 33.2 Å². The van der Waals surface area contributed by atoms with Crippen molar-refractivity contribution >= 4 is 11.8 Å². The monoisotopic (exact) mass is 332 g/mol. The zero-order valence-corrected chi connectivity index (χ0v) is 15.0. The van der Waals surface area contributed by atoms with Crippen molar-refractivity contribution in [3.8, 4) is 0 Å². The van der Waals surface area contributed by atoms with Crippen molar-refractivity contribution in [2.24, 2.45) is 5.92 Å². The van der Waals surface area contributed by atoms with Gasteiger partial charge in [-0.2, -0.15) is 0 Å². The summed E-state index contributed by atoms with van der Waals surface area (Å²) in [4.78, 5) is 28.5. The second kappa shape index (κ2) is 8.83. The first-order chi connectivity index (χ1) is 11.5. The zero-order chi connectivity index (χ0) is 17.5. The van der Waals surface area contributed by atoms with E-state index < -0.39 is 0 Å². The molecule has 2 rings (SSSR count). The molecule has 132 valence electrons. The molecule has 0 fully saturated rings. The first-order valence-electron chi connectivity index (χ1n) is 8.62. The molecule has 0 bridgehead atoms. The van der Waals surface area contributed by atoms with E-state index in [-0.39, 0.29) is 24.3 Å². The van der Waals surface area contributed by atoms with Crippen LogP contribution in [0, 0.1) is 5.92 Å². The molecule has 1 aromatic rings. The summed E-state index contributed by atoms with van der Waals surface area (Å²) in [7, 11) is 1.61. The summed E-state index contributed by atoms with van der Waals surface area (Å²) in [5.74, 6) is 0.310. The molecule has 0 aliphatic carbocycles. The van der Waals surface area contributed by atoms with E-state index >= 15 is 0 Å². The van der Waals surface area contributed by atoms with E-state index in [2.05, 4.69) is 12.1 Å². The van der Waals surface area contributed by atoms with Gasteiger partial charge < -0.3 is 14.5 Å². The molecule has 0 radical (unpaired) electrons. The van der Waals surface area contributed by atoms with E-state index in [0.29, 0.717) is 32.7 Å². The summed E-state index contributed by atoms with van der Waals surface area (Å²) >= 11 is 0.